The van der Waals surface area contributed by atoms with E-state index < -0.39 is 230 Å². The van der Waals surface area contributed by atoms with E-state index in [0.717, 1.165) is 6.92 Å². The average molecular weight is 1030 g/mol. The van der Waals surface area contributed by atoms with Gasteiger partial charge in [-0.05, 0) is 0 Å². The fourth-order valence-electron chi connectivity index (χ4n) is 8.77. The van der Waals surface area contributed by atoms with Crippen LogP contribution >= 0.6 is 0 Å². The van der Waals surface area contributed by atoms with Crippen LogP contribution in [-0.2, 0) is 56.9 Å². The number of amides is 1. The quantitative estimate of drug-likeness (QED) is 0.0643. The van der Waals surface area contributed by atoms with E-state index in [2.05, 4.69) is 5.32 Å². The summed E-state index contributed by atoms with van der Waals surface area (Å²) in [5, 5.41) is 205. The molecule has 30 atom stereocenters. The van der Waals surface area contributed by atoms with Gasteiger partial charge >= 0.3 is 0 Å². The van der Waals surface area contributed by atoms with E-state index >= 15 is 0 Å². The molecule has 6 aliphatic rings. The van der Waals surface area contributed by atoms with Crippen LogP contribution in [0.1, 0.15) is 6.92 Å². The van der Waals surface area contributed by atoms with Crippen molar-refractivity contribution in [2.24, 2.45) is 0 Å². The summed E-state index contributed by atoms with van der Waals surface area (Å²) in [6.07, 6.45) is -57.2. The number of aliphatic hydroxyl groups excluding tert-OH is 19. The first kappa shape index (κ1) is 57.5. The van der Waals surface area contributed by atoms with Gasteiger partial charge in [0.05, 0.1) is 39.6 Å². The molecule has 0 spiro atoms. The minimum Gasteiger partial charge on any atom is -0.394 e. The van der Waals surface area contributed by atoms with E-state index in [0.29, 0.717) is 0 Å². The topological polar surface area (TPSA) is 515 Å². The molecule has 0 unspecified atom stereocenters. The predicted octanol–water partition coefficient (Wildman–Crippen LogP) is -14.0. The van der Waals surface area contributed by atoms with Crippen LogP contribution in [0.3, 0.4) is 0 Å². The van der Waals surface area contributed by atoms with Gasteiger partial charge < -0.3 is 154 Å². The molecule has 0 aliphatic carbocycles. The van der Waals surface area contributed by atoms with Gasteiger partial charge in [-0.25, -0.2) is 0 Å². The maximum absolute atomic E-state index is 12.0. The van der Waals surface area contributed by atoms with Gasteiger partial charge in [-0.15, -0.1) is 0 Å². The Kier molecular flexibility index (Phi) is 20.3. The van der Waals surface area contributed by atoms with Crippen LogP contribution in [0.4, 0.5) is 0 Å². The Labute approximate surface area is 395 Å². The lowest BCUT2D eigenvalue weighted by atomic mass is 9.95. The third-order valence-corrected chi connectivity index (χ3v) is 12.8. The normalized spacial score (nSPS) is 51.5. The number of rotatable bonds is 17. The maximum Gasteiger partial charge on any atom is 0.217 e. The monoisotopic (exact) mass is 1030 g/mol. The van der Waals surface area contributed by atoms with Gasteiger partial charge in [-0.2, -0.15) is 0 Å². The second-order valence-corrected chi connectivity index (χ2v) is 17.5. The van der Waals surface area contributed by atoms with Gasteiger partial charge in [0.25, 0.3) is 0 Å². The van der Waals surface area contributed by atoms with Gasteiger partial charge in [0, 0.05) is 6.92 Å². The number of carbonyl (C=O) groups excluding carboxylic acids is 1. The van der Waals surface area contributed by atoms with E-state index in [4.69, 9.17) is 52.1 Å². The fourth-order valence-corrected chi connectivity index (χ4v) is 8.77. The van der Waals surface area contributed by atoms with Crippen molar-refractivity contribution in [1.82, 2.24) is 5.32 Å². The smallest absolute Gasteiger partial charge is 0.217 e. The summed E-state index contributed by atoms with van der Waals surface area (Å²) in [5.41, 5.74) is 0. The number of aliphatic hydroxyl groups is 19. The minimum atomic E-state index is -2.30. The van der Waals surface area contributed by atoms with E-state index in [9.17, 15) is 102 Å². The molecule has 0 aromatic heterocycles. The SMILES string of the molecule is CC(=O)N[C@@H]1[C@@H](O)[C@H](O[C@@H]2O[C@H](CO[C@H]3O[C@H](CO)[C@@H](O)[C@H](O)[C@@H]3O)[C@@H](O)[C@H](O[C@H]3O[C@H](CO)[C@@H](O)[C@H](O)[C@@H]3O[C@H]3O[C@H](CO)[C@@H](O)[C@H](O)[C@@H]3O[C@H]3O[C@H](CO)[C@@H](O)[C@H](O)[C@@H]3O)[C@@H]2O)[C@@H](CO)O[C@@H]1O. The van der Waals surface area contributed by atoms with E-state index in [-0.39, 0.29) is 0 Å². The van der Waals surface area contributed by atoms with Crippen molar-refractivity contribution < 1.29 is 154 Å². The summed E-state index contributed by atoms with van der Waals surface area (Å²) in [4.78, 5) is 12.0. The zero-order valence-corrected chi connectivity index (χ0v) is 37.0. The Morgan fingerprint density at radius 3 is 1.21 bits per heavy atom. The van der Waals surface area contributed by atoms with Crippen LogP contribution in [0.25, 0.3) is 0 Å². The molecule has 0 bridgehead atoms. The first-order valence-corrected chi connectivity index (χ1v) is 22.1. The minimum absolute atomic E-state index is 0.760. The van der Waals surface area contributed by atoms with Crippen molar-refractivity contribution >= 4 is 5.91 Å². The van der Waals surface area contributed by atoms with Crippen molar-refractivity contribution in [3.63, 3.8) is 0 Å². The lowest BCUT2D eigenvalue weighted by Gasteiger charge is -2.50. The summed E-state index contributed by atoms with van der Waals surface area (Å²) < 4.78 is 62.4. The summed E-state index contributed by atoms with van der Waals surface area (Å²) in [7, 11) is 0. The van der Waals surface area contributed by atoms with Crippen LogP contribution in [-0.4, -0.2) is 327 Å². The zero-order chi connectivity index (χ0) is 51.6. The van der Waals surface area contributed by atoms with Crippen molar-refractivity contribution in [2.75, 3.05) is 39.6 Å². The molecule has 6 saturated heterocycles. The van der Waals surface area contributed by atoms with Crippen LogP contribution in [0.15, 0.2) is 0 Å². The molecule has 6 aliphatic heterocycles. The molecule has 0 radical (unpaired) electrons. The van der Waals surface area contributed by atoms with Gasteiger partial charge in [0.15, 0.2) is 37.7 Å². The molecule has 0 aromatic carbocycles. The standard InChI is InChI=1S/C38H65NO31/c1-8(45)39-15-21(51)29(13(6-44)61-33(15)59)67-36-28(58)30(20(50)14(66-36)7-60-34-26(56)22(52)16(46)9(2-40)62-34)68-37-32(25(55)19(49)11(4-42)64-37)70-38-31(24(54)18(48)12(5-43)65-38)69-35-27(57)23(53)17(47)10(3-41)63-35/h9-38,40-44,46-59H,2-7H2,1H3,(H,39,45)/t9-,10-,11-,12-,13-,14-,15-,16-,17-,18-,19-,20-,21-,22+,23+,24+,25+,26+,27+,28+,29-,30+,31+,32+,33+,34+,35-,36+,37-,38-/m1/s1. The third kappa shape index (κ3) is 12.0. The average Bonchev–Trinajstić information content (AvgIpc) is 3.33. The predicted molar refractivity (Wildman–Crippen MR) is 211 cm³/mol. The Balaban J connectivity index is 1.32. The van der Waals surface area contributed by atoms with Crippen LogP contribution in [0.5, 0.6) is 0 Å². The number of carbonyl (C=O) groups is 1. The number of nitrogens with one attached hydrogen (secondary N) is 1. The Morgan fingerprint density at radius 1 is 0.371 bits per heavy atom. The molecule has 6 fully saturated rings. The molecule has 70 heavy (non-hydrogen) atoms. The van der Waals surface area contributed by atoms with Gasteiger partial charge in [-0.3, -0.25) is 4.79 Å². The Hall–Kier alpha value is -1.73. The van der Waals surface area contributed by atoms with Gasteiger partial charge in [0.2, 0.25) is 5.91 Å². The number of hydrogen-bond donors (Lipinski definition) is 20. The number of ether oxygens (including phenoxy) is 11. The number of hydrogen-bond acceptors (Lipinski definition) is 31. The Morgan fingerprint density at radius 2 is 0.743 bits per heavy atom. The molecule has 0 saturated carbocycles. The lowest BCUT2D eigenvalue weighted by molar-refractivity contribution is -0.407. The fraction of sp³-hybridized carbons (Fsp3) is 0.974. The molecular formula is C38H65NO31. The summed E-state index contributed by atoms with van der Waals surface area (Å²) >= 11 is 0. The van der Waals surface area contributed by atoms with Crippen LogP contribution in [0.2, 0.25) is 0 Å². The second kappa shape index (κ2) is 24.7. The van der Waals surface area contributed by atoms with E-state index in [1.54, 1.807) is 0 Å². The molecule has 20 N–H and O–H groups in total. The van der Waals surface area contributed by atoms with Gasteiger partial charge in [0.1, 0.15) is 146 Å². The molecule has 408 valence electrons. The summed E-state index contributed by atoms with van der Waals surface area (Å²) in [6, 6.07) is -1.62. The highest BCUT2D eigenvalue weighted by molar-refractivity contribution is 5.73. The summed E-state index contributed by atoms with van der Waals surface area (Å²) in [6.45, 7) is -4.70. The van der Waals surface area contributed by atoms with Crippen molar-refractivity contribution in [3.05, 3.63) is 0 Å². The molecule has 32 nitrogen and oxygen atoms in total. The van der Waals surface area contributed by atoms with Crippen molar-refractivity contribution in [2.45, 2.75) is 191 Å². The van der Waals surface area contributed by atoms with Crippen molar-refractivity contribution in [3.8, 4) is 0 Å². The zero-order valence-electron chi connectivity index (χ0n) is 37.0. The molecule has 32 heteroatoms. The molecule has 1 amide bonds. The van der Waals surface area contributed by atoms with E-state index in [1.165, 1.54) is 0 Å². The molecule has 0 aromatic rings. The maximum atomic E-state index is 12.0. The van der Waals surface area contributed by atoms with E-state index in [1.807, 2.05) is 0 Å². The highest BCUT2D eigenvalue weighted by Gasteiger charge is 2.58. The Bertz CT molecular complexity index is 1630. The first-order valence-electron chi connectivity index (χ1n) is 22.1. The summed E-state index contributed by atoms with van der Waals surface area (Å²) in [5.74, 6) is -0.760. The lowest BCUT2D eigenvalue weighted by Crippen LogP contribution is -2.69. The van der Waals surface area contributed by atoms with Gasteiger partial charge in [-0.1, -0.05) is 0 Å². The third-order valence-electron chi connectivity index (χ3n) is 12.8. The highest BCUT2D eigenvalue weighted by atomic mass is 16.8. The first-order chi connectivity index (χ1) is 33.1. The second-order valence-electron chi connectivity index (χ2n) is 17.5. The highest BCUT2D eigenvalue weighted by Crippen LogP contribution is 2.37. The van der Waals surface area contributed by atoms with Crippen molar-refractivity contribution in [1.29, 1.82) is 0 Å². The molecular weight excluding hydrogens is 966 g/mol. The van der Waals surface area contributed by atoms with Crippen LogP contribution in [0, 0.1) is 0 Å². The molecule has 6 heterocycles. The van der Waals surface area contributed by atoms with Crippen LogP contribution < -0.4 is 5.32 Å². The largest absolute Gasteiger partial charge is 0.394 e. The molecule has 6 rings (SSSR count).